The lowest BCUT2D eigenvalue weighted by molar-refractivity contribution is -0.0328. The second-order valence-corrected chi connectivity index (χ2v) is 5.97. The van der Waals surface area contributed by atoms with Crippen LogP contribution in [0.2, 0.25) is 0 Å². The summed E-state index contributed by atoms with van der Waals surface area (Å²) in [6.07, 6.45) is 2.14. The van der Waals surface area contributed by atoms with Crippen LogP contribution >= 0.6 is 24.2 Å². The van der Waals surface area contributed by atoms with Gasteiger partial charge in [0.25, 0.3) is 0 Å². The van der Waals surface area contributed by atoms with Crippen molar-refractivity contribution in [2.45, 2.75) is 35.8 Å². The van der Waals surface area contributed by atoms with E-state index in [0.29, 0.717) is 0 Å². The first-order chi connectivity index (χ1) is 8.92. The van der Waals surface area contributed by atoms with Crippen LogP contribution in [0, 0.1) is 0 Å². The van der Waals surface area contributed by atoms with Gasteiger partial charge in [0.1, 0.15) is 0 Å². The molecule has 2 N–H and O–H groups in total. The Morgan fingerprint density at radius 2 is 1.90 bits per heavy atom. The molecule has 0 aliphatic carbocycles. The minimum atomic E-state index is -4.22. The molecule has 20 heavy (non-hydrogen) atoms. The molecule has 0 aromatic heterocycles. The Morgan fingerprint density at radius 3 is 2.45 bits per heavy atom. The van der Waals surface area contributed by atoms with E-state index >= 15 is 0 Å². The Morgan fingerprint density at radius 1 is 1.25 bits per heavy atom. The number of hydrogen-bond acceptors (Lipinski definition) is 3. The van der Waals surface area contributed by atoms with Crippen LogP contribution in [0.3, 0.4) is 0 Å². The second-order valence-electron chi connectivity index (χ2n) is 4.83. The van der Waals surface area contributed by atoms with Gasteiger partial charge in [-0.15, -0.1) is 12.4 Å². The molecule has 1 aliphatic heterocycles. The van der Waals surface area contributed by atoms with Crippen LogP contribution in [-0.4, -0.2) is 29.5 Å². The maximum Gasteiger partial charge on any atom is 0.446 e. The number of halogens is 4. The molecular formula is C13H18ClF3N2S. The van der Waals surface area contributed by atoms with Gasteiger partial charge >= 0.3 is 5.51 Å². The molecule has 0 bridgehead atoms. The minimum absolute atomic E-state index is 0. The van der Waals surface area contributed by atoms with Crippen molar-refractivity contribution in [3.8, 4) is 0 Å². The number of nitrogens with zero attached hydrogens (tertiary/aromatic N) is 1. The molecule has 1 aromatic carbocycles. The monoisotopic (exact) mass is 326 g/mol. The molecule has 1 aliphatic rings. The van der Waals surface area contributed by atoms with Gasteiger partial charge in [-0.25, -0.2) is 0 Å². The quantitative estimate of drug-likeness (QED) is 0.860. The first-order valence-corrected chi connectivity index (χ1v) is 7.07. The Kier molecular flexibility index (Phi) is 6.64. The van der Waals surface area contributed by atoms with Gasteiger partial charge in [0.05, 0.1) is 0 Å². The zero-order valence-corrected chi connectivity index (χ0v) is 12.5. The molecule has 1 unspecified atom stereocenters. The third kappa shape index (κ3) is 5.91. The van der Waals surface area contributed by atoms with Crippen LogP contribution in [0.25, 0.3) is 0 Å². The van der Waals surface area contributed by atoms with Gasteiger partial charge in [0.15, 0.2) is 0 Å². The van der Waals surface area contributed by atoms with Crippen molar-refractivity contribution in [2.75, 3.05) is 13.1 Å². The molecule has 0 radical (unpaired) electrons. The lowest BCUT2D eigenvalue weighted by Gasteiger charge is -2.30. The van der Waals surface area contributed by atoms with E-state index in [4.69, 9.17) is 5.73 Å². The van der Waals surface area contributed by atoms with Gasteiger partial charge in [-0.3, -0.25) is 4.90 Å². The van der Waals surface area contributed by atoms with E-state index < -0.39 is 5.51 Å². The van der Waals surface area contributed by atoms with Crippen molar-refractivity contribution in [3.63, 3.8) is 0 Å². The molecule has 7 heteroatoms. The highest BCUT2D eigenvalue weighted by atomic mass is 35.5. The Balaban J connectivity index is 0.00000200. The number of benzene rings is 1. The molecule has 2 rings (SSSR count). The van der Waals surface area contributed by atoms with Gasteiger partial charge in [-0.1, -0.05) is 12.1 Å². The highest BCUT2D eigenvalue weighted by molar-refractivity contribution is 8.00. The molecule has 2 nitrogen and oxygen atoms in total. The van der Waals surface area contributed by atoms with Crippen molar-refractivity contribution < 1.29 is 13.2 Å². The molecule has 0 saturated carbocycles. The smallest absolute Gasteiger partial charge is 0.327 e. The van der Waals surface area contributed by atoms with Gasteiger partial charge in [0, 0.05) is 24.0 Å². The fourth-order valence-corrected chi connectivity index (χ4v) is 2.83. The molecule has 0 amide bonds. The molecule has 1 saturated heterocycles. The lowest BCUT2D eigenvalue weighted by atomic mass is 10.1. The van der Waals surface area contributed by atoms with Crippen LogP contribution in [0.4, 0.5) is 13.2 Å². The second kappa shape index (κ2) is 7.54. The summed E-state index contributed by atoms with van der Waals surface area (Å²) < 4.78 is 36.6. The zero-order chi connectivity index (χ0) is 13.9. The Bertz CT molecular complexity index is 411. The fourth-order valence-electron chi connectivity index (χ4n) is 2.29. The molecular weight excluding hydrogens is 309 g/mol. The van der Waals surface area contributed by atoms with Crippen LogP contribution in [0.1, 0.15) is 18.4 Å². The standard InChI is InChI=1S/C13H17F3N2S.ClH/c14-13(15,16)19-12-5-3-10(4-6-12)8-18-7-1-2-11(17)9-18;/h3-6,11H,1-2,7-9,17H2;1H. The fraction of sp³-hybridized carbons (Fsp3) is 0.538. The highest BCUT2D eigenvalue weighted by Gasteiger charge is 2.29. The third-order valence-corrected chi connectivity index (χ3v) is 3.84. The summed E-state index contributed by atoms with van der Waals surface area (Å²) in [6.45, 7) is 2.62. The molecule has 1 heterocycles. The van der Waals surface area contributed by atoms with Gasteiger partial charge < -0.3 is 5.73 Å². The van der Waals surface area contributed by atoms with E-state index in [1.165, 1.54) is 12.1 Å². The lowest BCUT2D eigenvalue weighted by Crippen LogP contribution is -2.42. The number of alkyl halides is 3. The summed E-state index contributed by atoms with van der Waals surface area (Å²) in [5, 5.41) is 0. The Hall–Kier alpha value is -0.430. The van der Waals surface area contributed by atoms with E-state index in [1.54, 1.807) is 12.1 Å². The summed E-state index contributed by atoms with van der Waals surface area (Å²) in [7, 11) is 0. The topological polar surface area (TPSA) is 29.3 Å². The van der Waals surface area contributed by atoms with Gasteiger partial charge in [0.2, 0.25) is 0 Å². The average Bonchev–Trinajstić information content (AvgIpc) is 2.30. The van der Waals surface area contributed by atoms with Crippen LogP contribution in [-0.2, 0) is 6.54 Å². The largest absolute Gasteiger partial charge is 0.446 e. The van der Waals surface area contributed by atoms with Crippen LogP contribution in [0.5, 0.6) is 0 Å². The molecule has 0 spiro atoms. The van der Waals surface area contributed by atoms with E-state index in [1.807, 2.05) is 0 Å². The summed E-state index contributed by atoms with van der Waals surface area (Å²) in [5.74, 6) is 0. The van der Waals surface area contributed by atoms with Crippen molar-refractivity contribution in [1.29, 1.82) is 0 Å². The average molecular weight is 327 g/mol. The van der Waals surface area contributed by atoms with E-state index in [2.05, 4.69) is 4.90 Å². The normalized spacial score (nSPS) is 20.5. The molecule has 1 atom stereocenters. The first-order valence-electron chi connectivity index (χ1n) is 6.25. The first kappa shape index (κ1) is 17.6. The highest BCUT2D eigenvalue weighted by Crippen LogP contribution is 2.36. The summed E-state index contributed by atoms with van der Waals surface area (Å²) in [6, 6.07) is 6.78. The van der Waals surface area contributed by atoms with E-state index in [9.17, 15) is 13.2 Å². The number of likely N-dealkylation sites (tertiary alicyclic amines) is 1. The Labute approximate surface area is 127 Å². The minimum Gasteiger partial charge on any atom is -0.327 e. The maximum atomic E-state index is 12.2. The number of rotatable bonds is 3. The van der Waals surface area contributed by atoms with Crippen molar-refractivity contribution in [3.05, 3.63) is 29.8 Å². The summed E-state index contributed by atoms with van der Waals surface area (Å²) >= 11 is -0.0777. The molecule has 1 fully saturated rings. The number of piperidine rings is 1. The van der Waals surface area contributed by atoms with Crippen molar-refractivity contribution >= 4 is 24.2 Å². The number of thioether (sulfide) groups is 1. The predicted molar refractivity (Wildman–Crippen MR) is 78.1 cm³/mol. The van der Waals surface area contributed by atoms with E-state index in [0.717, 1.165) is 38.0 Å². The van der Waals surface area contributed by atoms with Gasteiger partial charge in [-0.2, -0.15) is 13.2 Å². The van der Waals surface area contributed by atoms with Crippen molar-refractivity contribution in [2.24, 2.45) is 5.73 Å². The summed E-state index contributed by atoms with van der Waals surface area (Å²) in [4.78, 5) is 2.48. The van der Waals surface area contributed by atoms with E-state index in [-0.39, 0.29) is 35.1 Å². The molecule has 114 valence electrons. The predicted octanol–water partition coefficient (Wildman–Crippen LogP) is 3.64. The SMILES string of the molecule is Cl.NC1CCCN(Cc2ccc(SC(F)(F)F)cc2)C1. The van der Waals surface area contributed by atoms with Crippen molar-refractivity contribution in [1.82, 2.24) is 4.90 Å². The van der Waals surface area contributed by atoms with Crippen LogP contribution < -0.4 is 5.73 Å². The molecule has 1 aromatic rings. The number of hydrogen-bond donors (Lipinski definition) is 1. The van der Waals surface area contributed by atoms with Crippen LogP contribution in [0.15, 0.2) is 29.2 Å². The third-order valence-electron chi connectivity index (χ3n) is 3.11. The summed E-state index contributed by atoms with van der Waals surface area (Å²) in [5.41, 5.74) is 2.71. The zero-order valence-electron chi connectivity index (χ0n) is 10.9. The maximum absolute atomic E-state index is 12.2. The number of nitrogens with two attached hydrogens (primary N) is 1. The van der Waals surface area contributed by atoms with Gasteiger partial charge in [-0.05, 0) is 48.8 Å².